The monoisotopic (exact) mass is 603 g/mol. The van der Waals surface area contributed by atoms with Crippen LogP contribution in [0.3, 0.4) is 0 Å². The molecule has 0 aliphatic carbocycles. The Kier molecular flexibility index (Phi) is 18.6. The number of rotatable bonds is 23. The van der Waals surface area contributed by atoms with Gasteiger partial charge in [0.1, 0.15) is 0 Å². The summed E-state index contributed by atoms with van der Waals surface area (Å²) in [5.41, 5.74) is 0. The predicted molar refractivity (Wildman–Crippen MR) is 133 cm³/mol. The molecule has 41 heavy (non-hydrogen) atoms. The van der Waals surface area contributed by atoms with Gasteiger partial charge >= 0.3 is 5.97 Å². The van der Waals surface area contributed by atoms with Gasteiger partial charge in [-0.3, -0.25) is 4.79 Å². The minimum absolute atomic E-state index is 0.0934. The van der Waals surface area contributed by atoms with Crippen molar-refractivity contribution in [2.24, 2.45) is 0 Å². The minimum Gasteiger partial charge on any atom is -0.420 e. The molecule has 15 heteroatoms. The molecular weight excluding hydrogens is 565 g/mol. The van der Waals surface area contributed by atoms with Crippen LogP contribution in [0.5, 0.6) is 5.75 Å². The van der Waals surface area contributed by atoms with E-state index in [2.05, 4.69) is 10.1 Å². The second kappa shape index (κ2) is 21.7. The number of carbonyl (C=O) groups is 1. The van der Waals surface area contributed by atoms with Gasteiger partial charge in [0.15, 0.2) is 0 Å². The molecule has 2 rings (SSSR count). The zero-order valence-corrected chi connectivity index (χ0v) is 22.9. The Hall–Kier alpha value is -1.98. The van der Waals surface area contributed by atoms with E-state index in [0.29, 0.717) is 65.6 Å². The van der Waals surface area contributed by atoms with Crippen molar-refractivity contribution in [2.45, 2.75) is 25.4 Å². The third-order valence-electron chi connectivity index (χ3n) is 5.56. The van der Waals surface area contributed by atoms with Crippen molar-refractivity contribution >= 4 is 5.97 Å². The van der Waals surface area contributed by atoms with Crippen LogP contribution in [0.2, 0.25) is 0 Å². The molecule has 10 nitrogen and oxygen atoms in total. The molecule has 236 valence electrons. The first-order valence-corrected chi connectivity index (χ1v) is 13.4. The average molecular weight is 604 g/mol. The molecule has 0 atom stereocenters. The maximum absolute atomic E-state index is 13.5. The molecule has 1 aromatic rings. The van der Waals surface area contributed by atoms with Crippen LogP contribution in [-0.4, -0.2) is 111 Å². The number of carbonyl (C=O) groups excluding carboxylic acids is 1. The second-order valence-corrected chi connectivity index (χ2v) is 8.62. The molecule has 0 radical (unpaired) electrons. The van der Waals surface area contributed by atoms with Gasteiger partial charge in [-0.1, -0.05) is 0 Å². The lowest BCUT2D eigenvalue weighted by Gasteiger charge is -2.22. The van der Waals surface area contributed by atoms with Crippen LogP contribution in [0.25, 0.3) is 0 Å². The first-order valence-electron chi connectivity index (χ1n) is 13.4. The van der Waals surface area contributed by atoms with E-state index in [-0.39, 0.29) is 26.4 Å². The summed E-state index contributed by atoms with van der Waals surface area (Å²) < 4.78 is 108. The van der Waals surface area contributed by atoms with Gasteiger partial charge in [0.2, 0.25) is 34.8 Å². The number of nitrogens with one attached hydrogen (secondary N) is 1. The van der Waals surface area contributed by atoms with E-state index in [1.54, 1.807) is 0 Å². The lowest BCUT2D eigenvalue weighted by atomic mass is 10.1. The van der Waals surface area contributed by atoms with Gasteiger partial charge in [-0.2, -0.15) is 8.78 Å². The molecule has 1 heterocycles. The normalized spacial score (nSPS) is 14.1. The van der Waals surface area contributed by atoms with Crippen LogP contribution in [0.4, 0.5) is 22.0 Å². The summed E-state index contributed by atoms with van der Waals surface area (Å²) in [5, 5.41) is 3.29. The van der Waals surface area contributed by atoms with Gasteiger partial charge in [-0.05, 0) is 25.9 Å². The SMILES string of the molecule is O=C(CCOCCOCCOCCOCCOCCOCCOC1CCNCC1)Oc1c(F)c(F)c(F)c(F)c1F. The standard InChI is InChI=1S/C26H38F5NO9/c27-21-22(28)24(30)26(25(31)23(21)29)41-20(33)3-6-34-7-8-35-9-10-36-11-12-37-13-14-38-15-16-39-17-18-40-19-1-4-32-5-2-19/h19,32H,1-18H2. The molecule has 1 saturated heterocycles. The van der Waals surface area contributed by atoms with Gasteiger partial charge in [-0.15, -0.1) is 0 Å². The third kappa shape index (κ3) is 14.7. The summed E-state index contributed by atoms with van der Waals surface area (Å²) in [6, 6.07) is 0. The molecule has 1 aliphatic rings. The Labute approximate surface area is 235 Å². The van der Waals surface area contributed by atoms with Gasteiger partial charge in [0, 0.05) is 0 Å². The van der Waals surface area contributed by atoms with E-state index < -0.39 is 47.2 Å². The third-order valence-corrected chi connectivity index (χ3v) is 5.56. The fourth-order valence-corrected chi connectivity index (χ4v) is 3.43. The molecular formula is C26H38F5NO9. The summed E-state index contributed by atoms with van der Waals surface area (Å²) in [6.45, 7) is 6.48. The van der Waals surface area contributed by atoms with E-state index in [0.717, 1.165) is 25.9 Å². The molecule has 1 N–H and O–H groups in total. The van der Waals surface area contributed by atoms with Gasteiger partial charge in [-0.25, -0.2) is 13.2 Å². The number of halogens is 5. The number of hydrogen-bond donors (Lipinski definition) is 1. The van der Waals surface area contributed by atoms with Crippen molar-refractivity contribution in [3.05, 3.63) is 29.1 Å². The number of esters is 1. The largest absolute Gasteiger partial charge is 0.420 e. The lowest BCUT2D eigenvalue weighted by molar-refractivity contribution is -0.136. The van der Waals surface area contributed by atoms with Crippen LogP contribution in [-0.2, 0) is 38.0 Å². The lowest BCUT2D eigenvalue weighted by Crippen LogP contribution is -2.33. The zero-order chi connectivity index (χ0) is 29.7. The van der Waals surface area contributed by atoms with Crippen molar-refractivity contribution in [3.8, 4) is 5.75 Å². The minimum atomic E-state index is -2.34. The zero-order valence-electron chi connectivity index (χ0n) is 22.9. The molecule has 0 aromatic heterocycles. The quantitative estimate of drug-likeness (QED) is 0.0502. The Morgan fingerprint density at radius 2 is 0.927 bits per heavy atom. The van der Waals surface area contributed by atoms with Crippen molar-refractivity contribution in [1.29, 1.82) is 0 Å². The summed E-state index contributed by atoms with van der Waals surface area (Å²) in [7, 11) is 0. The van der Waals surface area contributed by atoms with Crippen LogP contribution < -0.4 is 10.1 Å². The van der Waals surface area contributed by atoms with Crippen molar-refractivity contribution in [3.63, 3.8) is 0 Å². The molecule has 0 unspecified atom stereocenters. The van der Waals surface area contributed by atoms with E-state index in [9.17, 15) is 26.7 Å². The molecule has 0 spiro atoms. The number of hydrogen-bond acceptors (Lipinski definition) is 10. The maximum atomic E-state index is 13.5. The molecule has 0 amide bonds. The highest BCUT2D eigenvalue weighted by molar-refractivity contribution is 5.72. The topological polar surface area (TPSA) is 103 Å². The van der Waals surface area contributed by atoms with E-state index >= 15 is 0 Å². The first kappa shape index (κ1) is 35.2. The predicted octanol–water partition coefficient (Wildman–Crippen LogP) is 2.55. The highest BCUT2D eigenvalue weighted by atomic mass is 19.2. The van der Waals surface area contributed by atoms with Gasteiger partial charge in [0.05, 0.1) is 98.4 Å². The van der Waals surface area contributed by atoms with Crippen LogP contribution in [0.1, 0.15) is 19.3 Å². The summed E-state index contributed by atoms with van der Waals surface area (Å²) in [4.78, 5) is 11.6. The summed E-state index contributed by atoms with van der Waals surface area (Å²) >= 11 is 0. The van der Waals surface area contributed by atoms with Crippen molar-refractivity contribution < 1.29 is 64.6 Å². The molecule has 1 aliphatic heterocycles. The molecule has 0 saturated carbocycles. The Morgan fingerprint density at radius 3 is 1.37 bits per heavy atom. The fourth-order valence-electron chi connectivity index (χ4n) is 3.43. The maximum Gasteiger partial charge on any atom is 0.313 e. The Morgan fingerprint density at radius 1 is 0.561 bits per heavy atom. The van der Waals surface area contributed by atoms with Gasteiger partial charge < -0.3 is 43.2 Å². The fraction of sp³-hybridized carbons (Fsp3) is 0.731. The molecule has 1 aromatic carbocycles. The Bertz CT molecular complexity index is 849. The first-order chi connectivity index (χ1) is 19.9. The Balaban J connectivity index is 1.29. The molecule has 0 bridgehead atoms. The molecule has 1 fully saturated rings. The van der Waals surface area contributed by atoms with Gasteiger partial charge in [0.25, 0.3) is 0 Å². The summed E-state index contributed by atoms with van der Waals surface area (Å²) in [6.07, 6.45) is 1.94. The number of benzene rings is 1. The van der Waals surface area contributed by atoms with Crippen molar-refractivity contribution in [2.75, 3.05) is 99.0 Å². The highest BCUT2D eigenvalue weighted by Gasteiger charge is 2.28. The van der Waals surface area contributed by atoms with E-state index in [4.69, 9.17) is 33.2 Å². The number of piperidine rings is 1. The second-order valence-electron chi connectivity index (χ2n) is 8.62. The van der Waals surface area contributed by atoms with E-state index in [1.165, 1.54) is 0 Å². The highest BCUT2D eigenvalue weighted by Crippen LogP contribution is 2.29. The van der Waals surface area contributed by atoms with E-state index in [1.807, 2.05) is 0 Å². The van der Waals surface area contributed by atoms with Crippen LogP contribution in [0, 0.1) is 29.1 Å². The number of ether oxygens (including phenoxy) is 8. The van der Waals surface area contributed by atoms with Crippen LogP contribution in [0.15, 0.2) is 0 Å². The van der Waals surface area contributed by atoms with Crippen LogP contribution >= 0.6 is 0 Å². The van der Waals surface area contributed by atoms with Crippen molar-refractivity contribution in [1.82, 2.24) is 5.32 Å². The summed E-state index contributed by atoms with van der Waals surface area (Å²) in [5.74, 6) is -14.1. The smallest absolute Gasteiger partial charge is 0.313 e. The average Bonchev–Trinajstić information content (AvgIpc) is 2.98.